The Labute approximate surface area is 66.3 Å². The van der Waals surface area contributed by atoms with Crippen LogP contribution >= 0.6 is 0 Å². The summed E-state index contributed by atoms with van der Waals surface area (Å²) < 4.78 is 1.86. The van der Waals surface area contributed by atoms with Crippen molar-refractivity contribution < 1.29 is 0 Å². The van der Waals surface area contributed by atoms with E-state index in [2.05, 4.69) is 11.2 Å². The summed E-state index contributed by atoms with van der Waals surface area (Å²) in [4.78, 5) is 0. The quantitative estimate of drug-likeness (QED) is 0.639. The molecule has 58 valence electrons. The van der Waals surface area contributed by atoms with Crippen molar-refractivity contribution in [3.8, 4) is 6.07 Å². The van der Waals surface area contributed by atoms with Crippen LogP contribution in [0.25, 0.3) is 0 Å². The number of rotatable bonds is 2. The SMILES string of the molecule is CC(C)n1nccc1CC#N. The second-order valence-corrected chi connectivity index (χ2v) is 2.70. The average Bonchev–Trinajstić information content (AvgIpc) is 2.36. The third-order valence-corrected chi connectivity index (χ3v) is 1.50. The van der Waals surface area contributed by atoms with Crippen molar-refractivity contribution in [1.82, 2.24) is 9.78 Å². The fraction of sp³-hybridized carbons (Fsp3) is 0.500. The van der Waals surface area contributed by atoms with E-state index >= 15 is 0 Å². The summed E-state index contributed by atoms with van der Waals surface area (Å²) in [6.45, 7) is 4.10. The van der Waals surface area contributed by atoms with Crippen molar-refractivity contribution >= 4 is 0 Å². The second kappa shape index (κ2) is 3.20. The molecular formula is C8H11N3. The highest BCUT2D eigenvalue weighted by Crippen LogP contribution is 2.07. The summed E-state index contributed by atoms with van der Waals surface area (Å²) in [7, 11) is 0. The molecule has 0 N–H and O–H groups in total. The topological polar surface area (TPSA) is 41.6 Å². The van der Waals surface area contributed by atoms with Gasteiger partial charge in [0.25, 0.3) is 0 Å². The molecule has 0 aromatic carbocycles. The number of hydrogen-bond donors (Lipinski definition) is 0. The highest BCUT2D eigenvalue weighted by atomic mass is 15.3. The molecule has 0 saturated carbocycles. The molecule has 3 nitrogen and oxygen atoms in total. The van der Waals surface area contributed by atoms with Gasteiger partial charge >= 0.3 is 0 Å². The third kappa shape index (κ3) is 1.58. The Balaban J connectivity index is 2.89. The van der Waals surface area contributed by atoms with Gasteiger partial charge in [-0.15, -0.1) is 0 Å². The molecule has 0 radical (unpaired) electrons. The number of hydrogen-bond acceptors (Lipinski definition) is 2. The summed E-state index contributed by atoms with van der Waals surface area (Å²) in [5.41, 5.74) is 0.988. The average molecular weight is 149 g/mol. The molecule has 0 atom stereocenters. The largest absolute Gasteiger partial charge is 0.266 e. The first-order valence-corrected chi connectivity index (χ1v) is 3.65. The van der Waals surface area contributed by atoms with E-state index in [1.807, 2.05) is 24.6 Å². The van der Waals surface area contributed by atoms with E-state index in [4.69, 9.17) is 5.26 Å². The molecule has 1 aromatic heterocycles. The zero-order valence-corrected chi connectivity index (χ0v) is 6.78. The maximum atomic E-state index is 8.45. The first-order chi connectivity index (χ1) is 5.25. The van der Waals surface area contributed by atoms with Crippen LogP contribution in [0.4, 0.5) is 0 Å². The van der Waals surface area contributed by atoms with E-state index in [1.165, 1.54) is 0 Å². The zero-order valence-electron chi connectivity index (χ0n) is 6.78. The van der Waals surface area contributed by atoms with Gasteiger partial charge < -0.3 is 0 Å². The molecule has 0 saturated heterocycles. The van der Waals surface area contributed by atoms with E-state index in [1.54, 1.807) is 6.20 Å². The van der Waals surface area contributed by atoms with Gasteiger partial charge in [0, 0.05) is 12.2 Å². The minimum absolute atomic E-state index is 0.341. The smallest absolute Gasteiger partial charge is 0.0771 e. The predicted molar refractivity (Wildman–Crippen MR) is 41.9 cm³/mol. The Morgan fingerprint density at radius 1 is 1.73 bits per heavy atom. The molecule has 3 heteroatoms. The van der Waals surface area contributed by atoms with Crippen LogP contribution in [-0.2, 0) is 6.42 Å². The lowest BCUT2D eigenvalue weighted by Crippen LogP contribution is -2.06. The Kier molecular flexibility index (Phi) is 2.27. The standard InChI is InChI=1S/C8H11N3/c1-7(2)11-8(3-5-9)4-6-10-11/h4,6-7H,3H2,1-2H3. The van der Waals surface area contributed by atoms with Crippen LogP contribution in [0.2, 0.25) is 0 Å². The van der Waals surface area contributed by atoms with Crippen molar-refractivity contribution in [2.24, 2.45) is 0 Å². The maximum absolute atomic E-state index is 8.45. The van der Waals surface area contributed by atoms with Gasteiger partial charge in [-0.25, -0.2) is 0 Å². The first kappa shape index (κ1) is 7.80. The van der Waals surface area contributed by atoms with Gasteiger partial charge in [-0.2, -0.15) is 10.4 Å². The second-order valence-electron chi connectivity index (χ2n) is 2.70. The van der Waals surface area contributed by atoms with Gasteiger partial charge in [0.1, 0.15) is 0 Å². The lowest BCUT2D eigenvalue weighted by atomic mass is 10.3. The van der Waals surface area contributed by atoms with E-state index in [-0.39, 0.29) is 0 Å². The van der Waals surface area contributed by atoms with Crippen LogP contribution in [0.5, 0.6) is 0 Å². The molecule has 0 unspecified atom stereocenters. The van der Waals surface area contributed by atoms with Gasteiger partial charge in [0.15, 0.2) is 0 Å². The monoisotopic (exact) mass is 149 g/mol. The lowest BCUT2D eigenvalue weighted by Gasteiger charge is -2.07. The van der Waals surface area contributed by atoms with Crippen LogP contribution in [-0.4, -0.2) is 9.78 Å². The molecule has 1 aromatic rings. The van der Waals surface area contributed by atoms with Crippen molar-refractivity contribution in [2.45, 2.75) is 26.3 Å². The molecular weight excluding hydrogens is 138 g/mol. The number of aromatic nitrogens is 2. The van der Waals surface area contributed by atoms with Crippen LogP contribution in [0, 0.1) is 11.3 Å². The van der Waals surface area contributed by atoms with E-state index in [9.17, 15) is 0 Å². The fourth-order valence-corrected chi connectivity index (χ4v) is 1.03. The summed E-state index contributed by atoms with van der Waals surface area (Å²) in [6, 6.07) is 4.32. The molecule has 0 aliphatic carbocycles. The molecule has 0 aliphatic heterocycles. The lowest BCUT2D eigenvalue weighted by molar-refractivity contribution is 0.515. The molecule has 0 spiro atoms. The van der Waals surface area contributed by atoms with Crippen LogP contribution in [0.15, 0.2) is 12.3 Å². The van der Waals surface area contributed by atoms with Gasteiger partial charge in [-0.1, -0.05) is 0 Å². The normalized spacial score (nSPS) is 10.0. The molecule has 11 heavy (non-hydrogen) atoms. The molecule has 0 bridgehead atoms. The van der Waals surface area contributed by atoms with Gasteiger partial charge in [-0.05, 0) is 19.9 Å². The van der Waals surface area contributed by atoms with E-state index < -0.39 is 0 Å². The van der Waals surface area contributed by atoms with Gasteiger partial charge in [-0.3, -0.25) is 4.68 Å². The molecule has 1 rings (SSSR count). The minimum atomic E-state index is 0.341. The van der Waals surface area contributed by atoms with Crippen molar-refractivity contribution in [2.75, 3.05) is 0 Å². The fourth-order valence-electron chi connectivity index (χ4n) is 1.03. The Morgan fingerprint density at radius 3 is 3.00 bits per heavy atom. The number of nitrogens with zero attached hydrogens (tertiary/aromatic N) is 3. The van der Waals surface area contributed by atoms with Crippen LogP contribution in [0.1, 0.15) is 25.6 Å². The summed E-state index contributed by atoms with van der Waals surface area (Å²) in [6.07, 6.45) is 2.17. The van der Waals surface area contributed by atoms with Crippen LogP contribution in [0.3, 0.4) is 0 Å². The Hall–Kier alpha value is -1.30. The van der Waals surface area contributed by atoms with Crippen molar-refractivity contribution in [3.63, 3.8) is 0 Å². The summed E-state index contributed by atoms with van der Waals surface area (Å²) in [5, 5.41) is 12.6. The zero-order chi connectivity index (χ0) is 8.27. The highest BCUT2D eigenvalue weighted by molar-refractivity contribution is 5.06. The molecule has 0 aliphatic rings. The van der Waals surface area contributed by atoms with Gasteiger partial charge in [0.2, 0.25) is 0 Å². The molecule has 0 amide bonds. The summed E-state index contributed by atoms with van der Waals surface area (Å²) in [5.74, 6) is 0. The minimum Gasteiger partial charge on any atom is -0.266 e. The Morgan fingerprint density at radius 2 is 2.45 bits per heavy atom. The summed E-state index contributed by atoms with van der Waals surface area (Å²) >= 11 is 0. The highest BCUT2D eigenvalue weighted by Gasteiger charge is 2.03. The van der Waals surface area contributed by atoms with E-state index in [0.717, 1.165) is 5.69 Å². The van der Waals surface area contributed by atoms with Crippen LogP contribution < -0.4 is 0 Å². The van der Waals surface area contributed by atoms with Gasteiger partial charge in [0.05, 0.1) is 18.2 Å². The maximum Gasteiger partial charge on any atom is 0.0771 e. The predicted octanol–water partition coefficient (Wildman–Crippen LogP) is 1.53. The van der Waals surface area contributed by atoms with Crippen molar-refractivity contribution in [3.05, 3.63) is 18.0 Å². The molecule has 1 heterocycles. The molecule has 0 fully saturated rings. The Bertz CT molecular complexity index is 267. The third-order valence-electron chi connectivity index (χ3n) is 1.50. The van der Waals surface area contributed by atoms with E-state index in [0.29, 0.717) is 12.5 Å². The van der Waals surface area contributed by atoms with Crippen molar-refractivity contribution in [1.29, 1.82) is 5.26 Å². The first-order valence-electron chi connectivity index (χ1n) is 3.65. The number of nitriles is 1.